The molecule has 2 saturated heterocycles. The Morgan fingerprint density at radius 1 is 1.08 bits per heavy atom. The van der Waals surface area contributed by atoms with E-state index in [0.717, 1.165) is 82.9 Å². The number of benzene rings is 1. The minimum absolute atomic E-state index is 0.0486. The first kappa shape index (κ1) is 36.8. The number of anilines is 1. The van der Waals surface area contributed by atoms with Crippen LogP contribution in [0.5, 0.6) is 17.2 Å². The normalized spacial score (nSPS) is 19.8. The van der Waals surface area contributed by atoms with Gasteiger partial charge in [0.2, 0.25) is 0 Å². The number of likely N-dealkylation sites (tertiary alicyclic amines) is 1. The Bertz CT molecular complexity index is 1820. The van der Waals surface area contributed by atoms with Crippen molar-refractivity contribution in [1.82, 2.24) is 29.7 Å². The van der Waals surface area contributed by atoms with Crippen LogP contribution in [0.15, 0.2) is 43.0 Å². The number of ether oxygens (including phenoxy) is 3. The number of hydrogen-bond donors (Lipinski definition) is 0. The van der Waals surface area contributed by atoms with Crippen molar-refractivity contribution in [1.29, 1.82) is 0 Å². The minimum Gasteiger partial charge on any atom is -0.490 e. The second-order valence-electron chi connectivity index (χ2n) is 16.4. The summed E-state index contributed by atoms with van der Waals surface area (Å²) in [5.41, 5.74) is 2.09. The van der Waals surface area contributed by atoms with Crippen molar-refractivity contribution < 1.29 is 28.2 Å². The van der Waals surface area contributed by atoms with E-state index in [9.17, 15) is 14.0 Å². The van der Waals surface area contributed by atoms with E-state index in [1.807, 2.05) is 58.7 Å². The van der Waals surface area contributed by atoms with Gasteiger partial charge in [-0.1, -0.05) is 0 Å². The van der Waals surface area contributed by atoms with E-state index >= 15 is 0 Å². The Balaban J connectivity index is 0.941. The van der Waals surface area contributed by atoms with Gasteiger partial charge in [-0.15, -0.1) is 0 Å². The summed E-state index contributed by atoms with van der Waals surface area (Å²) in [6.45, 7) is 17.7. The van der Waals surface area contributed by atoms with E-state index in [1.54, 1.807) is 11.1 Å². The number of rotatable bonds is 10. The number of hydrogen-bond acceptors (Lipinski definition) is 10. The monoisotopic (exact) mass is 729 g/mol. The largest absolute Gasteiger partial charge is 0.490 e. The Morgan fingerprint density at radius 2 is 1.87 bits per heavy atom. The van der Waals surface area contributed by atoms with Crippen LogP contribution in [0.25, 0.3) is 0 Å². The lowest BCUT2D eigenvalue weighted by molar-refractivity contribution is -0.0353. The molecule has 1 spiro atoms. The standard InChI is InChI=1S/C40H52FN7O5/c1-7-48(26(2)3)37(49)30-16-28(41)8-9-33(30)52-35-19-42-25-44-36(35)47-23-40(24-47)17-29(18-40)51-34-10-13-43-32-12-14-45(22-31(32)34)20-27-11-15-46(21-27)38(50)53-39(4,5)6/h8-10,13,16,19,25-27,29H,7,11-12,14-15,17-18,20-24H2,1-6H3/t27-/m1/s1. The summed E-state index contributed by atoms with van der Waals surface area (Å²) < 4.78 is 32.9. The maximum Gasteiger partial charge on any atom is 0.410 e. The zero-order valence-corrected chi connectivity index (χ0v) is 31.8. The second kappa shape index (κ2) is 14.7. The fourth-order valence-electron chi connectivity index (χ4n) is 8.31. The molecule has 284 valence electrons. The number of carbonyl (C=O) groups excluding carboxylic acids is 2. The molecule has 1 saturated carbocycles. The van der Waals surface area contributed by atoms with Gasteiger partial charge in [-0.05, 0) is 91.0 Å². The van der Waals surface area contributed by atoms with E-state index in [4.69, 9.17) is 19.2 Å². The third-order valence-electron chi connectivity index (χ3n) is 10.8. The van der Waals surface area contributed by atoms with Gasteiger partial charge < -0.3 is 28.9 Å². The lowest BCUT2D eigenvalue weighted by atomic mass is 9.61. The molecule has 1 atom stereocenters. The molecular weight excluding hydrogens is 677 g/mol. The summed E-state index contributed by atoms with van der Waals surface area (Å²) in [6, 6.07) is 5.97. The van der Waals surface area contributed by atoms with Crippen molar-refractivity contribution in [2.45, 2.75) is 91.5 Å². The third-order valence-corrected chi connectivity index (χ3v) is 10.8. The van der Waals surface area contributed by atoms with Crippen LogP contribution in [0.4, 0.5) is 15.0 Å². The van der Waals surface area contributed by atoms with Gasteiger partial charge in [-0.25, -0.2) is 19.2 Å². The van der Waals surface area contributed by atoms with Gasteiger partial charge in [0.1, 0.15) is 35.3 Å². The van der Waals surface area contributed by atoms with Gasteiger partial charge in [0.25, 0.3) is 5.91 Å². The summed E-state index contributed by atoms with van der Waals surface area (Å²) in [4.78, 5) is 47.6. The summed E-state index contributed by atoms with van der Waals surface area (Å²) in [5.74, 6) is 1.88. The number of fused-ring (bicyclic) bond motifs is 1. The van der Waals surface area contributed by atoms with Gasteiger partial charge >= 0.3 is 6.09 Å². The molecule has 0 unspecified atom stereocenters. The van der Waals surface area contributed by atoms with Gasteiger partial charge in [-0.2, -0.15) is 0 Å². The minimum atomic E-state index is -0.502. The fraction of sp³-hybridized carbons (Fsp3) is 0.575. The quantitative estimate of drug-likeness (QED) is 0.235. The molecule has 53 heavy (non-hydrogen) atoms. The predicted molar refractivity (Wildman–Crippen MR) is 198 cm³/mol. The average molecular weight is 730 g/mol. The van der Waals surface area contributed by atoms with Gasteiger partial charge in [0, 0.05) is 87.7 Å². The molecular formula is C40H52FN7O5. The molecule has 12 nitrogen and oxygen atoms in total. The SMILES string of the molecule is CCN(C(=O)c1cc(F)ccc1Oc1cncnc1N1CC2(CC(Oc3ccnc4c3CN(C[C@H]3CCN(C(=O)OC(C)(C)C)C3)CC4)C2)C1)C(C)C. The zero-order chi connectivity index (χ0) is 37.5. The second-order valence-corrected chi connectivity index (χ2v) is 16.4. The Hall–Kier alpha value is -4.52. The van der Waals surface area contributed by atoms with Crippen LogP contribution in [-0.2, 0) is 17.7 Å². The third kappa shape index (κ3) is 8.05. The maximum absolute atomic E-state index is 14.3. The van der Waals surface area contributed by atoms with Gasteiger partial charge in [-0.3, -0.25) is 14.7 Å². The molecule has 7 rings (SSSR count). The average Bonchev–Trinajstić information content (AvgIpc) is 3.54. The summed E-state index contributed by atoms with van der Waals surface area (Å²) in [5, 5.41) is 0. The first-order valence-corrected chi connectivity index (χ1v) is 19.0. The van der Waals surface area contributed by atoms with Crippen molar-refractivity contribution in [2.75, 3.05) is 50.7 Å². The molecule has 0 radical (unpaired) electrons. The molecule has 1 aromatic carbocycles. The van der Waals surface area contributed by atoms with Crippen LogP contribution in [0, 0.1) is 17.2 Å². The lowest BCUT2D eigenvalue weighted by Gasteiger charge is -2.59. The maximum atomic E-state index is 14.3. The van der Waals surface area contributed by atoms with Crippen molar-refractivity contribution in [3.05, 3.63) is 65.6 Å². The van der Waals surface area contributed by atoms with Crippen LogP contribution in [0.2, 0.25) is 0 Å². The van der Waals surface area contributed by atoms with Crippen LogP contribution < -0.4 is 14.4 Å². The van der Waals surface area contributed by atoms with Crippen molar-refractivity contribution in [2.24, 2.45) is 11.3 Å². The smallest absolute Gasteiger partial charge is 0.410 e. The number of halogens is 1. The highest BCUT2D eigenvalue weighted by atomic mass is 19.1. The van der Waals surface area contributed by atoms with Crippen molar-refractivity contribution in [3.63, 3.8) is 0 Å². The number of amides is 2. The van der Waals surface area contributed by atoms with E-state index in [0.29, 0.717) is 24.0 Å². The van der Waals surface area contributed by atoms with E-state index in [2.05, 4.69) is 19.8 Å². The first-order valence-electron chi connectivity index (χ1n) is 19.0. The highest BCUT2D eigenvalue weighted by Crippen LogP contribution is 2.52. The van der Waals surface area contributed by atoms with Gasteiger partial charge in [0.15, 0.2) is 11.6 Å². The van der Waals surface area contributed by atoms with Crippen molar-refractivity contribution in [3.8, 4) is 17.2 Å². The Kier molecular flexibility index (Phi) is 10.2. The van der Waals surface area contributed by atoms with Crippen LogP contribution >= 0.6 is 0 Å². The van der Waals surface area contributed by atoms with Gasteiger partial charge in [0.05, 0.1) is 11.8 Å². The van der Waals surface area contributed by atoms with E-state index in [-0.39, 0.29) is 40.9 Å². The molecule has 5 heterocycles. The summed E-state index contributed by atoms with van der Waals surface area (Å²) >= 11 is 0. The summed E-state index contributed by atoms with van der Waals surface area (Å²) in [6.07, 6.45) is 8.58. The van der Waals surface area contributed by atoms with E-state index < -0.39 is 11.4 Å². The molecule has 13 heteroatoms. The molecule has 2 amide bonds. The van der Waals surface area contributed by atoms with Crippen LogP contribution in [0.1, 0.15) is 82.4 Å². The molecule has 0 N–H and O–H groups in total. The molecule has 3 aliphatic heterocycles. The summed E-state index contributed by atoms with van der Waals surface area (Å²) in [7, 11) is 0. The molecule has 2 aromatic heterocycles. The number of aromatic nitrogens is 3. The Morgan fingerprint density at radius 3 is 2.60 bits per heavy atom. The fourth-order valence-corrected chi connectivity index (χ4v) is 8.31. The number of carbonyl (C=O) groups is 2. The predicted octanol–water partition coefficient (Wildman–Crippen LogP) is 6.34. The van der Waals surface area contributed by atoms with E-state index in [1.165, 1.54) is 30.1 Å². The Labute approximate surface area is 311 Å². The first-order chi connectivity index (χ1) is 25.3. The lowest BCUT2D eigenvalue weighted by Crippen LogP contribution is -2.65. The zero-order valence-electron chi connectivity index (χ0n) is 31.8. The molecule has 4 aliphatic rings. The topological polar surface area (TPSA) is 113 Å². The molecule has 3 fully saturated rings. The molecule has 1 aliphatic carbocycles. The highest BCUT2D eigenvalue weighted by molar-refractivity contribution is 5.97. The number of pyridine rings is 1. The highest BCUT2D eigenvalue weighted by Gasteiger charge is 2.54. The van der Waals surface area contributed by atoms with Crippen molar-refractivity contribution >= 4 is 17.8 Å². The van der Waals surface area contributed by atoms with Crippen LogP contribution in [-0.4, -0.2) is 105 Å². The van der Waals surface area contributed by atoms with Crippen LogP contribution in [0.3, 0.4) is 0 Å². The molecule has 3 aromatic rings. The molecule has 0 bridgehead atoms. The number of nitrogens with zero attached hydrogens (tertiary/aromatic N) is 7.